The van der Waals surface area contributed by atoms with E-state index in [9.17, 15) is 4.79 Å². The number of hydrogen-bond acceptors (Lipinski definition) is 1. The van der Waals surface area contributed by atoms with Crippen molar-refractivity contribution in [1.29, 1.82) is 0 Å². The van der Waals surface area contributed by atoms with E-state index in [0.717, 1.165) is 23.5 Å². The van der Waals surface area contributed by atoms with Gasteiger partial charge in [-0.2, -0.15) is 11.4 Å². The highest BCUT2D eigenvalue weighted by Crippen LogP contribution is 2.01. The minimum Gasteiger partial charge on any atom is -0.478 e. The van der Waals surface area contributed by atoms with Gasteiger partial charge in [-0.05, 0) is 17.7 Å². The van der Waals surface area contributed by atoms with Crippen LogP contribution >= 0.6 is 11.4 Å². The topological polar surface area (TPSA) is 37.3 Å². The van der Waals surface area contributed by atoms with Crippen molar-refractivity contribution in [3.8, 4) is 0 Å². The standard InChI is InChI=1S/C10H12O2S/c11-10(12)8-13-7-6-9-4-2-1-3-5-9/h1-5,8,13H,6-7H2,(H,11,12). The van der Waals surface area contributed by atoms with Crippen LogP contribution < -0.4 is 0 Å². The second kappa shape index (κ2) is 5.54. The van der Waals surface area contributed by atoms with Crippen LogP contribution in [0.4, 0.5) is 0 Å². The third-order valence-corrected chi connectivity index (χ3v) is 2.46. The van der Waals surface area contributed by atoms with Gasteiger partial charge in [0.1, 0.15) is 0 Å². The van der Waals surface area contributed by atoms with Crippen molar-refractivity contribution in [2.45, 2.75) is 6.42 Å². The van der Waals surface area contributed by atoms with Gasteiger partial charge in [-0.15, -0.1) is 0 Å². The van der Waals surface area contributed by atoms with E-state index in [1.54, 1.807) is 0 Å². The Kier molecular flexibility index (Phi) is 4.26. The second-order valence-corrected chi connectivity index (χ2v) is 3.68. The van der Waals surface area contributed by atoms with Crippen molar-refractivity contribution in [1.82, 2.24) is 0 Å². The van der Waals surface area contributed by atoms with Gasteiger partial charge in [0.2, 0.25) is 0 Å². The third kappa shape index (κ3) is 4.48. The lowest BCUT2D eigenvalue weighted by atomic mass is 10.2. The number of benzene rings is 1. The van der Waals surface area contributed by atoms with E-state index in [-0.39, 0.29) is 0 Å². The zero-order chi connectivity index (χ0) is 9.52. The van der Waals surface area contributed by atoms with Crippen LogP contribution in [0.15, 0.2) is 30.3 Å². The summed E-state index contributed by atoms with van der Waals surface area (Å²) in [6, 6.07) is 10.1. The number of aliphatic carboxylic acids is 1. The van der Waals surface area contributed by atoms with Gasteiger partial charge in [-0.1, -0.05) is 30.3 Å². The zero-order valence-electron chi connectivity index (χ0n) is 7.18. The van der Waals surface area contributed by atoms with Crippen LogP contribution in [0.3, 0.4) is 0 Å². The molecule has 0 fully saturated rings. The van der Waals surface area contributed by atoms with Gasteiger partial charge in [0.05, 0.1) is 0 Å². The molecule has 0 unspecified atom stereocenters. The lowest BCUT2D eigenvalue weighted by Crippen LogP contribution is -1.94. The maximum absolute atomic E-state index is 10.1. The van der Waals surface area contributed by atoms with E-state index in [1.165, 1.54) is 10.9 Å². The van der Waals surface area contributed by atoms with Gasteiger partial charge < -0.3 is 5.11 Å². The number of aryl methyl sites for hydroxylation is 1. The van der Waals surface area contributed by atoms with E-state index in [4.69, 9.17) is 5.11 Å². The number of carboxylic acid groups (broad SMARTS) is 1. The predicted molar refractivity (Wildman–Crippen MR) is 57.7 cm³/mol. The first-order chi connectivity index (χ1) is 6.29. The Hall–Kier alpha value is -1.09. The molecule has 1 N–H and O–H groups in total. The van der Waals surface area contributed by atoms with Crippen LogP contribution in [0.5, 0.6) is 0 Å². The summed E-state index contributed by atoms with van der Waals surface area (Å²) < 4.78 is 0. The quantitative estimate of drug-likeness (QED) is 0.566. The molecule has 3 heteroatoms. The molecule has 0 aliphatic carbocycles. The molecular weight excluding hydrogens is 184 g/mol. The van der Waals surface area contributed by atoms with Crippen molar-refractivity contribution in [3.63, 3.8) is 0 Å². The Labute approximate surface area is 81.2 Å². The second-order valence-electron chi connectivity index (χ2n) is 2.61. The van der Waals surface area contributed by atoms with E-state index < -0.39 is 5.97 Å². The molecule has 0 aromatic heterocycles. The summed E-state index contributed by atoms with van der Waals surface area (Å²) in [5, 5.41) is 9.63. The fourth-order valence-corrected chi connectivity index (χ4v) is 1.65. The van der Waals surface area contributed by atoms with Crippen molar-refractivity contribution >= 4 is 22.7 Å². The molecule has 0 saturated carbocycles. The van der Waals surface area contributed by atoms with Gasteiger partial charge in [-0.3, -0.25) is 0 Å². The smallest absolute Gasteiger partial charge is 0.333 e. The third-order valence-electron chi connectivity index (χ3n) is 1.57. The SMILES string of the molecule is O=C(O)C=[SH]CCc1ccccc1. The molecule has 1 rings (SSSR count). The fourth-order valence-electron chi connectivity index (χ4n) is 0.981. The Balaban J connectivity index is 2.32. The summed E-state index contributed by atoms with van der Waals surface area (Å²) in [4.78, 5) is 10.1. The molecule has 1 aromatic rings. The Morgan fingerprint density at radius 1 is 1.38 bits per heavy atom. The number of carboxylic acids is 1. The summed E-state index contributed by atoms with van der Waals surface area (Å²) in [5.74, 6) is 0.0331. The van der Waals surface area contributed by atoms with Gasteiger partial charge in [-0.25, -0.2) is 4.79 Å². The van der Waals surface area contributed by atoms with Gasteiger partial charge in [0, 0.05) is 5.37 Å². The van der Waals surface area contributed by atoms with Crippen molar-refractivity contribution in [2.75, 3.05) is 5.75 Å². The first-order valence-corrected chi connectivity index (χ1v) is 5.20. The maximum Gasteiger partial charge on any atom is 0.333 e. The molecule has 0 amide bonds. The molecule has 0 bridgehead atoms. The van der Waals surface area contributed by atoms with Crippen LogP contribution in [0, 0.1) is 0 Å². The van der Waals surface area contributed by atoms with Crippen LogP contribution in [-0.4, -0.2) is 22.2 Å². The van der Waals surface area contributed by atoms with Crippen LogP contribution in [-0.2, 0) is 11.2 Å². The lowest BCUT2D eigenvalue weighted by molar-refractivity contribution is -0.128. The van der Waals surface area contributed by atoms with Gasteiger partial charge in [0.15, 0.2) is 0 Å². The predicted octanol–water partition coefficient (Wildman–Crippen LogP) is 1.58. The first-order valence-electron chi connectivity index (χ1n) is 4.06. The normalized spacial score (nSPS) is 11.1. The molecule has 0 aliphatic rings. The number of thiol groups is 1. The summed E-state index contributed by atoms with van der Waals surface area (Å²) in [5.41, 5.74) is 1.26. The number of carbonyl (C=O) groups is 1. The maximum atomic E-state index is 10.1. The lowest BCUT2D eigenvalue weighted by Gasteiger charge is -1.95. The van der Waals surface area contributed by atoms with E-state index in [1.807, 2.05) is 18.2 Å². The molecule has 0 spiro atoms. The minimum absolute atomic E-state index is 0.838. The highest BCUT2D eigenvalue weighted by Gasteiger charge is 1.88. The molecule has 70 valence electrons. The molecule has 0 radical (unpaired) electrons. The highest BCUT2D eigenvalue weighted by atomic mass is 32.1. The van der Waals surface area contributed by atoms with Crippen molar-refractivity contribution in [3.05, 3.63) is 35.9 Å². The summed E-state index contributed by atoms with van der Waals surface area (Å²) in [6.07, 6.45) is 0.937. The van der Waals surface area contributed by atoms with Gasteiger partial charge >= 0.3 is 5.97 Å². The highest BCUT2D eigenvalue weighted by molar-refractivity contribution is 7.98. The Morgan fingerprint density at radius 3 is 2.69 bits per heavy atom. The largest absolute Gasteiger partial charge is 0.478 e. The van der Waals surface area contributed by atoms with E-state index >= 15 is 0 Å². The van der Waals surface area contributed by atoms with Crippen molar-refractivity contribution in [2.24, 2.45) is 0 Å². The molecular formula is C10H12O2S. The van der Waals surface area contributed by atoms with Gasteiger partial charge in [0.25, 0.3) is 0 Å². The monoisotopic (exact) mass is 196 g/mol. The Bertz CT molecular complexity index is 293. The summed E-state index contributed by atoms with van der Waals surface area (Å²) in [6.45, 7) is 0. The zero-order valence-corrected chi connectivity index (χ0v) is 8.08. The molecule has 0 aliphatic heterocycles. The van der Waals surface area contributed by atoms with Crippen molar-refractivity contribution < 1.29 is 9.90 Å². The summed E-state index contributed by atoms with van der Waals surface area (Å²) in [7, 11) is 0. The minimum atomic E-state index is -0.838. The molecule has 0 atom stereocenters. The number of hydrogen-bond donors (Lipinski definition) is 2. The average Bonchev–Trinajstić information content (AvgIpc) is 2.14. The Morgan fingerprint density at radius 2 is 2.08 bits per heavy atom. The van der Waals surface area contributed by atoms with Crippen LogP contribution in [0.1, 0.15) is 5.56 Å². The molecule has 2 nitrogen and oxygen atoms in total. The van der Waals surface area contributed by atoms with Crippen LogP contribution in [0.25, 0.3) is 0 Å². The van der Waals surface area contributed by atoms with Crippen LogP contribution in [0.2, 0.25) is 0 Å². The molecule has 13 heavy (non-hydrogen) atoms. The average molecular weight is 196 g/mol. The van der Waals surface area contributed by atoms with E-state index in [2.05, 4.69) is 12.1 Å². The number of rotatable bonds is 4. The molecule has 0 heterocycles. The fraction of sp³-hybridized carbons (Fsp3) is 0.200. The molecule has 0 saturated heterocycles. The first kappa shape index (κ1) is 9.99. The molecule has 1 aromatic carbocycles. The van der Waals surface area contributed by atoms with E-state index in [0.29, 0.717) is 0 Å². The summed E-state index contributed by atoms with van der Waals surface area (Å²) >= 11 is 0.873.